The van der Waals surface area contributed by atoms with Gasteiger partial charge in [0.25, 0.3) is 0 Å². The zero-order valence-corrected chi connectivity index (χ0v) is 12.2. The van der Waals surface area contributed by atoms with E-state index in [2.05, 4.69) is 19.7 Å². The molecule has 1 aromatic rings. The first-order valence-corrected chi connectivity index (χ1v) is 10.5. The quantitative estimate of drug-likeness (QED) is 0.568. The van der Waals surface area contributed by atoms with Crippen LogP contribution in [0.4, 0.5) is 0 Å². The van der Waals surface area contributed by atoms with Gasteiger partial charge in [0.15, 0.2) is 0 Å². The number of ether oxygens (including phenoxy) is 1. The van der Waals surface area contributed by atoms with Crippen molar-refractivity contribution < 1.29 is 21.1 Å². The molecule has 0 saturated carbocycles. The summed E-state index contributed by atoms with van der Waals surface area (Å²) in [6.07, 6.45) is 0. The Balaban J connectivity index is 0.000000561. The zero-order chi connectivity index (χ0) is 9.56. The van der Waals surface area contributed by atoms with Crippen molar-refractivity contribution in [1.82, 2.24) is 0 Å². The molecule has 0 bridgehead atoms. The van der Waals surface area contributed by atoms with E-state index in [-0.39, 0.29) is 0 Å². The van der Waals surface area contributed by atoms with Crippen molar-refractivity contribution >= 4 is 13.6 Å². The van der Waals surface area contributed by atoms with Crippen molar-refractivity contribution in [3.05, 3.63) is 29.3 Å². The van der Waals surface area contributed by atoms with E-state index in [9.17, 15) is 0 Å². The normalized spacial score (nSPS) is 8.50. The first-order valence-electron chi connectivity index (χ1n) is 3.53. The average molecular weight is 280 g/mol. The molecule has 0 aromatic heterocycles. The Bertz CT molecular complexity index is 238. The summed E-state index contributed by atoms with van der Waals surface area (Å²) in [4.78, 5) is 0. The molecule has 62 valence electrons. The monoisotopic (exact) mass is 278 g/mol. The number of rotatable bonds is 1. The van der Waals surface area contributed by atoms with Crippen LogP contribution in [-0.4, -0.2) is 7.11 Å². The van der Waals surface area contributed by atoms with Gasteiger partial charge in [-0.15, -0.1) is 11.6 Å². The van der Waals surface area contributed by atoms with Crippen molar-refractivity contribution in [1.29, 1.82) is 0 Å². The standard InChI is InChI=1S/C9H11O.BrH.Zn/c1-7-4-5-8(2)9(6-7)10-3;;/h5-6H,1-3H3;1H;/q-1;;+2/p-1. The Morgan fingerprint density at radius 3 is 2.42 bits per heavy atom. The summed E-state index contributed by atoms with van der Waals surface area (Å²) in [5.41, 5.74) is 2.25. The van der Waals surface area contributed by atoms with Gasteiger partial charge in [0.1, 0.15) is 0 Å². The van der Waals surface area contributed by atoms with E-state index in [0.29, 0.717) is 0 Å². The van der Waals surface area contributed by atoms with Crippen LogP contribution in [0, 0.1) is 19.9 Å². The van der Waals surface area contributed by atoms with Gasteiger partial charge in [0.2, 0.25) is 0 Å². The van der Waals surface area contributed by atoms with E-state index in [4.69, 9.17) is 4.74 Å². The summed E-state index contributed by atoms with van der Waals surface area (Å²) < 4.78 is 5.11. The van der Waals surface area contributed by atoms with Gasteiger partial charge >= 0.3 is 30.0 Å². The maximum absolute atomic E-state index is 5.11. The van der Waals surface area contributed by atoms with Gasteiger partial charge in [0.05, 0.1) is 7.11 Å². The van der Waals surface area contributed by atoms with Gasteiger partial charge in [-0.1, -0.05) is 13.8 Å². The summed E-state index contributed by atoms with van der Waals surface area (Å²) in [7, 11) is 1.68. The van der Waals surface area contributed by atoms with E-state index < -0.39 is 0 Å². The molecule has 0 amide bonds. The number of halogens is 1. The van der Waals surface area contributed by atoms with E-state index in [0.717, 1.165) is 16.9 Å². The van der Waals surface area contributed by atoms with E-state index in [1.54, 1.807) is 7.11 Å². The predicted octanol–water partition coefficient (Wildman–Crippen LogP) is 2.96. The zero-order valence-electron chi connectivity index (χ0n) is 7.65. The maximum atomic E-state index is 5.11. The van der Waals surface area contributed by atoms with Crippen LogP contribution in [0.5, 0.6) is 5.75 Å². The van der Waals surface area contributed by atoms with E-state index in [1.165, 1.54) is 16.3 Å². The summed E-state index contributed by atoms with van der Waals surface area (Å²) in [6.45, 7) is 4.01. The van der Waals surface area contributed by atoms with Gasteiger partial charge in [-0.25, -0.2) is 0 Å². The van der Waals surface area contributed by atoms with Crippen LogP contribution >= 0.6 is 13.6 Å². The molecule has 0 aliphatic rings. The summed E-state index contributed by atoms with van der Waals surface area (Å²) in [5, 5.41) is 0. The Labute approximate surface area is 90.5 Å². The van der Waals surface area contributed by atoms with Crippen molar-refractivity contribution in [3.63, 3.8) is 0 Å². The first kappa shape index (κ1) is 12.1. The third-order valence-corrected chi connectivity index (χ3v) is 1.47. The minimum atomic E-state index is 0.941. The molecular formula is C9H11BrOZn. The molecule has 0 heterocycles. The molecule has 0 fully saturated rings. The molecule has 0 saturated heterocycles. The van der Waals surface area contributed by atoms with Crippen molar-refractivity contribution in [3.8, 4) is 5.75 Å². The van der Waals surface area contributed by atoms with Crippen LogP contribution in [0.2, 0.25) is 0 Å². The molecule has 1 nitrogen and oxygen atoms in total. The first-order chi connectivity index (χ1) is 5.74. The number of benzene rings is 1. The van der Waals surface area contributed by atoms with Crippen molar-refractivity contribution in [2.75, 3.05) is 7.11 Å². The molecule has 0 radical (unpaired) electrons. The Kier molecular flexibility index (Phi) is 6.69. The van der Waals surface area contributed by atoms with Crippen LogP contribution in [0.15, 0.2) is 12.1 Å². The topological polar surface area (TPSA) is 9.23 Å². The second-order valence-electron chi connectivity index (χ2n) is 2.37. The van der Waals surface area contributed by atoms with Crippen molar-refractivity contribution in [2.24, 2.45) is 0 Å². The van der Waals surface area contributed by atoms with Gasteiger partial charge in [-0.2, -0.15) is 17.7 Å². The van der Waals surface area contributed by atoms with Gasteiger partial charge < -0.3 is 4.74 Å². The Hall–Kier alpha value is 0.123. The van der Waals surface area contributed by atoms with Gasteiger partial charge in [-0.05, 0) is 0 Å². The fraction of sp³-hybridized carbons (Fsp3) is 0.333. The molecule has 0 spiro atoms. The third-order valence-electron chi connectivity index (χ3n) is 1.47. The molecule has 1 aromatic carbocycles. The molecule has 3 heteroatoms. The number of hydrogen-bond acceptors (Lipinski definition) is 1. The second-order valence-corrected chi connectivity index (χ2v) is 2.37. The number of methoxy groups -OCH3 is 1. The summed E-state index contributed by atoms with van der Waals surface area (Å²) >= 11 is 4.25. The molecule has 0 atom stereocenters. The SMILES string of the molecule is COc1cc(C)[c-]cc1C.[Zn+][Br]. The molecule has 0 aliphatic heterocycles. The second kappa shape index (κ2) is 6.62. The average Bonchev–Trinajstić information content (AvgIpc) is 2.13. The Morgan fingerprint density at radius 1 is 1.42 bits per heavy atom. The molecule has 1 rings (SSSR count). The molecule has 0 N–H and O–H groups in total. The van der Waals surface area contributed by atoms with Crippen LogP contribution in [0.1, 0.15) is 11.1 Å². The number of aryl methyl sites for hydroxylation is 2. The van der Waals surface area contributed by atoms with E-state index in [1.807, 2.05) is 26.0 Å². The summed E-state index contributed by atoms with van der Waals surface area (Å²) in [5.74, 6) is 0.941. The summed E-state index contributed by atoms with van der Waals surface area (Å²) in [6, 6.07) is 7.01. The third kappa shape index (κ3) is 3.68. The molecule has 0 aliphatic carbocycles. The van der Waals surface area contributed by atoms with E-state index >= 15 is 0 Å². The van der Waals surface area contributed by atoms with Crippen molar-refractivity contribution in [2.45, 2.75) is 13.8 Å². The van der Waals surface area contributed by atoms with Crippen LogP contribution in [0.25, 0.3) is 0 Å². The fourth-order valence-electron chi connectivity index (χ4n) is 0.865. The minimum absolute atomic E-state index is 0.941. The van der Waals surface area contributed by atoms with Gasteiger partial charge in [0, 0.05) is 5.75 Å². The molecular weight excluding hydrogens is 269 g/mol. The molecule has 12 heavy (non-hydrogen) atoms. The van der Waals surface area contributed by atoms with Gasteiger partial charge in [-0.3, -0.25) is 0 Å². The van der Waals surface area contributed by atoms with Crippen LogP contribution in [0.3, 0.4) is 0 Å². The van der Waals surface area contributed by atoms with Crippen LogP contribution in [-0.2, 0) is 16.3 Å². The number of hydrogen-bond donors (Lipinski definition) is 0. The van der Waals surface area contributed by atoms with Crippen LogP contribution < -0.4 is 4.74 Å². The Morgan fingerprint density at radius 2 is 2.00 bits per heavy atom. The predicted molar refractivity (Wildman–Crippen MR) is 50.2 cm³/mol. The molecule has 0 unspecified atom stereocenters. The fourth-order valence-corrected chi connectivity index (χ4v) is 0.865.